The highest BCUT2D eigenvalue weighted by Gasteiger charge is 2.14. The fourth-order valence-electron chi connectivity index (χ4n) is 2.45. The molecule has 1 saturated carbocycles. The Morgan fingerprint density at radius 2 is 1.79 bits per heavy atom. The van der Waals surface area contributed by atoms with Gasteiger partial charge in [0.1, 0.15) is 0 Å². The van der Waals surface area contributed by atoms with Crippen LogP contribution in [0.25, 0.3) is 0 Å². The van der Waals surface area contributed by atoms with Crippen molar-refractivity contribution >= 4 is 11.9 Å². The van der Waals surface area contributed by atoms with Gasteiger partial charge in [-0.3, -0.25) is 0 Å². The molecule has 2 rings (SSSR count). The summed E-state index contributed by atoms with van der Waals surface area (Å²) in [4.78, 5) is 12.6. The number of rotatable bonds is 7. The normalized spacial score (nSPS) is 15.5. The zero-order valence-corrected chi connectivity index (χ0v) is 11.8. The van der Waals surface area contributed by atoms with E-state index in [9.17, 15) is 0 Å². The van der Waals surface area contributed by atoms with E-state index < -0.39 is 0 Å². The molecular weight excluding hydrogens is 242 g/mol. The van der Waals surface area contributed by atoms with Crippen LogP contribution in [0.5, 0.6) is 6.01 Å². The molecule has 1 heterocycles. The van der Waals surface area contributed by atoms with Crippen LogP contribution >= 0.6 is 0 Å². The highest BCUT2D eigenvalue weighted by atomic mass is 16.5. The van der Waals surface area contributed by atoms with E-state index in [0.717, 1.165) is 19.0 Å². The van der Waals surface area contributed by atoms with E-state index in [-0.39, 0.29) is 0 Å². The molecular formula is C13H23N5O. The first-order valence-corrected chi connectivity index (χ1v) is 7.09. The van der Waals surface area contributed by atoms with Crippen LogP contribution in [0.15, 0.2) is 0 Å². The van der Waals surface area contributed by atoms with Crippen LogP contribution in [-0.4, -0.2) is 35.2 Å². The number of hydrogen-bond donors (Lipinski definition) is 2. The fourth-order valence-corrected chi connectivity index (χ4v) is 2.45. The van der Waals surface area contributed by atoms with Crippen molar-refractivity contribution in [2.45, 2.75) is 39.0 Å². The van der Waals surface area contributed by atoms with Crippen molar-refractivity contribution in [3.8, 4) is 6.01 Å². The molecule has 0 aliphatic heterocycles. The third kappa shape index (κ3) is 4.22. The Labute approximate surface area is 114 Å². The molecule has 0 atom stereocenters. The zero-order valence-electron chi connectivity index (χ0n) is 11.8. The molecule has 106 valence electrons. The number of hydrogen-bond acceptors (Lipinski definition) is 6. The Morgan fingerprint density at radius 1 is 1.11 bits per heavy atom. The second kappa shape index (κ2) is 7.11. The molecule has 1 aromatic heterocycles. The predicted molar refractivity (Wildman–Crippen MR) is 75.6 cm³/mol. The van der Waals surface area contributed by atoms with Crippen LogP contribution in [0.3, 0.4) is 0 Å². The second-order valence-electron chi connectivity index (χ2n) is 4.87. The Balaban J connectivity index is 1.88. The average Bonchev–Trinajstić information content (AvgIpc) is 2.92. The van der Waals surface area contributed by atoms with Crippen molar-refractivity contribution in [3.05, 3.63) is 0 Å². The van der Waals surface area contributed by atoms with Crippen molar-refractivity contribution in [2.75, 3.05) is 30.8 Å². The Morgan fingerprint density at radius 3 is 2.42 bits per heavy atom. The smallest absolute Gasteiger partial charge is 0.322 e. The summed E-state index contributed by atoms with van der Waals surface area (Å²) in [6.07, 6.45) is 6.68. The lowest BCUT2D eigenvalue weighted by atomic mass is 10.0. The summed E-state index contributed by atoms with van der Waals surface area (Å²) in [5.74, 6) is 2.00. The van der Waals surface area contributed by atoms with Gasteiger partial charge in [-0.1, -0.05) is 25.7 Å². The molecule has 0 bridgehead atoms. The monoisotopic (exact) mass is 265 g/mol. The molecule has 0 aromatic carbocycles. The van der Waals surface area contributed by atoms with Gasteiger partial charge < -0.3 is 15.4 Å². The predicted octanol–water partition coefficient (Wildman–Crippen LogP) is 2.30. The highest BCUT2D eigenvalue weighted by molar-refractivity contribution is 5.35. The van der Waals surface area contributed by atoms with E-state index in [0.29, 0.717) is 17.9 Å². The number of nitrogens with one attached hydrogen (secondary N) is 2. The van der Waals surface area contributed by atoms with E-state index >= 15 is 0 Å². The third-order valence-corrected chi connectivity index (χ3v) is 3.44. The molecule has 1 fully saturated rings. The van der Waals surface area contributed by atoms with Gasteiger partial charge in [0.2, 0.25) is 11.9 Å². The SMILES string of the molecule is CCNc1nc(NCCC2CCCC2)nc(OC)n1. The summed E-state index contributed by atoms with van der Waals surface area (Å²) in [6, 6.07) is 0.342. The van der Waals surface area contributed by atoms with Gasteiger partial charge in [0.15, 0.2) is 0 Å². The van der Waals surface area contributed by atoms with Gasteiger partial charge in [-0.15, -0.1) is 0 Å². The molecule has 6 heteroatoms. The van der Waals surface area contributed by atoms with E-state index in [2.05, 4.69) is 25.6 Å². The summed E-state index contributed by atoms with van der Waals surface area (Å²) in [6.45, 7) is 3.68. The molecule has 1 aliphatic rings. The lowest BCUT2D eigenvalue weighted by molar-refractivity contribution is 0.379. The van der Waals surface area contributed by atoms with Crippen molar-refractivity contribution < 1.29 is 4.74 Å². The first-order valence-electron chi connectivity index (χ1n) is 7.09. The third-order valence-electron chi connectivity index (χ3n) is 3.44. The molecule has 0 unspecified atom stereocenters. The molecule has 2 N–H and O–H groups in total. The Kier molecular flexibility index (Phi) is 5.18. The van der Waals surface area contributed by atoms with E-state index in [1.165, 1.54) is 32.1 Å². The highest BCUT2D eigenvalue weighted by Crippen LogP contribution is 2.27. The maximum Gasteiger partial charge on any atom is 0.322 e. The number of aromatic nitrogens is 3. The maximum atomic E-state index is 5.08. The molecule has 0 spiro atoms. The standard InChI is InChI=1S/C13H23N5O/c1-3-14-11-16-12(18-13(17-11)19-2)15-9-8-10-6-4-5-7-10/h10H,3-9H2,1-2H3,(H2,14,15,16,17,18). The minimum absolute atomic E-state index is 0.342. The molecule has 1 aromatic rings. The summed E-state index contributed by atoms with van der Waals surface area (Å²) in [5.41, 5.74) is 0. The van der Waals surface area contributed by atoms with Crippen LogP contribution in [-0.2, 0) is 0 Å². The molecule has 19 heavy (non-hydrogen) atoms. The Hall–Kier alpha value is -1.59. The summed E-state index contributed by atoms with van der Waals surface area (Å²) < 4.78 is 5.08. The average molecular weight is 265 g/mol. The quantitative estimate of drug-likeness (QED) is 0.788. The fraction of sp³-hybridized carbons (Fsp3) is 0.769. The van der Waals surface area contributed by atoms with Crippen LogP contribution in [0, 0.1) is 5.92 Å². The van der Waals surface area contributed by atoms with Gasteiger partial charge in [0.05, 0.1) is 7.11 Å². The van der Waals surface area contributed by atoms with Crippen LogP contribution in [0.4, 0.5) is 11.9 Å². The number of nitrogens with zero attached hydrogens (tertiary/aromatic N) is 3. The van der Waals surface area contributed by atoms with Crippen molar-refractivity contribution in [3.63, 3.8) is 0 Å². The van der Waals surface area contributed by atoms with Crippen LogP contribution in [0.2, 0.25) is 0 Å². The summed E-state index contributed by atoms with van der Waals surface area (Å²) in [5, 5.41) is 6.33. The van der Waals surface area contributed by atoms with Gasteiger partial charge in [0, 0.05) is 13.1 Å². The minimum Gasteiger partial charge on any atom is -0.467 e. The largest absolute Gasteiger partial charge is 0.467 e. The zero-order chi connectivity index (χ0) is 13.5. The van der Waals surface area contributed by atoms with Crippen LogP contribution in [0.1, 0.15) is 39.0 Å². The van der Waals surface area contributed by atoms with Gasteiger partial charge in [-0.05, 0) is 19.3 Å². The lowest BCUT2D eigenvalue weighted by Crippen LogP contribution is -2.12. The van der Waals surface area contributed by atoms with Crippen molar-refractivity contribution in [1.82, 2.24) is 15.0 Å². The Bertz CT molecular complexity index is 393. The van der Waals surface area contributed by atoms with Gasteiger partial charge in [-0.25, -0.2) is 0 Å². The number of methoxy groups -OCH3 is 1. The van der Waals surface area contributed by atoms with E-state index in [1.807, 2.05) is 6.92 Å². The molecule has 6 nitrogen and oxygen atoms in total. The first kappa shape index (κ1) is 13.8. The first-order chi connectivity index (χ1) is 9.31. The van der Waals surface area contributed by atoms with Gasteiger partial charge >= 0.3 is 6.01 Å². The lowest BCUT2D eigenvalue weighted by Gasteiger charge is -2.11. The van der Waals surface area contributed by atoms with Gasteiger partial charge in [-0.2, -0.15) is 15.0 Å². The van der Waals surface area contributed by atoms with E-state index in [4.69, 9.17) is 4.74 Å². The topological polar surface area (TPSA) is 72.0 Å². The molecule has 1 aliphatic carbocycles. The maximum absolute atomic E-state index is 5.08. The van der Waals surface area contributed by atoms with Crippen molar-refractivity contribution in [1.29, 1.82) is 0 Å². The number of anilines is 2. The molecule has 0 saturated heterocycles. The molecule has 0 radical (unpaired) electrons. The summed E-state index contributed by atoms with van der Waals surface area (Å²) >= 11 is 0. The summed E-state index contributed by atoms with van der Waals surface area (Å²) in [7, 11) is 1.56. The van der Waals surface area contributed by atoms with Crippen LogP contribution < -0.4 is 15.4 Å². The van der Waals surface area contributed by atoms with Gasteiger partial charge in [0.25, 0.3) is 0 Å². The number of ether oxygens (including phenoxy) is 1. The molecule has 0 amide bonds. The second-order valence-corrected chi connectivity index (χ2v) is 4.87. The van der Waals surface area contributed by atoms with Crippen molar-refractivity contribution in [2.24, 2.45) is 5.92 Å². The van der Waals surface area contributed by atoms with E-state index in [1.54, 1.807) is 7.11 Å². The minimum atomic E-state index is 0.342.